The molecule has 0 radical (unpaired) electrons. The van der Waals surface area contributed by atoms with Crippen LogP contribution in [0.15, 0.2) is 76.8 Å². The molecule has 0 fully saturated rings. The van der Waals surface area contributed by atoms with Gasteiger partial charge in [0.15, 0.2) is 11.5 Å². The number of nitrogens with zero attached hydrogens (tertiary/aromatic N) is 2. The quantitative estimate of drug-likeness (QED) is 0.205. The molecule has 1 aliphatic rings. The van der Waals surface area contributed by atoms with Crippen molar-refractivity contribution >= 4 is 15.4 Å². The molecule has 0 amide bonds. The zero-order chi connectivity index (χ0) is 28.3. The Balaban J connectivity index is 1.15. The third kappa shape index (κ3) is 5.69. The van der Waals surface area contributed by atoms with E-state index < -0.39 is 9.84 Å². The molecule has 212 valence electrons. The highest BCUT2D eigenvalue weighted by molar-refractivity contribution is 7.91. The lowest BCUT2D eigenvalue weighted by atomic mass is 9.98. The Labute approximate surface area is 237 Å². The number of aromatic nitrogens is 1. The van der Waals surface area contributed by atoms with Crippen LogP contribution in [0, 0.1) is 0 Å². The molecule has 5 rings (SSSR count). The van der Waals surface area contributed by atoms with E-state index in [0.717, 1.165) is 56.0 Å². The summed E-state index contributed by atoms with van der Waals surface area (Å²) in [5, 5.41) is 0. The van der Waals surface area contributed by atoms with Gasteiger partial charge in [-0.3, -0.25) is 4.90 Å². The first kappa shape index (κ1) is 28.1. The van der Waals surface area contributed by atoms with Gasteiger partial charge in [-0.2, -0.15) is 0 Å². The van der Waals surface area contributed by atoms with Gasteiger partial charge in [-0.25, -0.2) is 8.42 Å². The lowest BCUT2D eigenvalue weighted by molar-refractivity contribution is 0.234. The van der Waals surface area contributed by atoms with E-state index in [-0.39, 0.29) is 10.8 Å². The molecule has 2 aromatic heterocycles. The second-order valence-electron chi connectivity index (χ2n) is 10.6. The minimum absolute atomic E-state index is 0.0818. The van der Waals surface area contributed by atoms with Crippen LogP contribution in [0.4, 0.5) is 0 Å². The van der Waals surface area contributed by atoms with Crippen molar-refractivity contribution in [3.8, 4) is 17.2 Å². The molecule has 4 aromatic rings. The highest BCUT2D eigenvalue weighted by Crippen LogP contribution is 2.35. The number of hydrogen-bond acceptors (Lipinski definition) is 6. The predicted molar refractivity (Wildman–Crippen MR) is 157 cm³/mol. The molecule has 0 atom stereocenters. The number of pyridine rings is 1. The smallest absolute Gasteiger partial charge is 0.209 e. The maximum atomic E-state index is 13.7. The second-order valence-corrected chi connectivity index (χ2v) is 12.5. The summed E-state index contributed by atoms with van der Waals surface area (Å²) in [6, 6.07) is 16.6. The van der Waals surface area contributed by atoms with Crippen molar-refractivity contribution in [3.63, 3.8) is 0 Å². The summed E-state index contributed by atoms with van der Waals surface area (Å²) in [4.78, 5) is 3.12. The van der Waals surface area contributed by atoms with E-state index in [0.29, 0.717) is 22.8 Å². The first-order valence-corrected chi connectivity index (χ1v) is 15.3. The fraction of sp³-hybridized carbons (Fsp3) is 0.375. The Hall–Kier alpha value is -3.49. The Bertz CT molecular complexity index is 1580. The Morgan fingerprint density at radius 3 is 2.35 bits per heavy atom. The lowest BCUT2D eigenvalue weighted by Gasteiger charge is -2.29. The summed E-state index contributed by atoms with van der Waals surface area (Å²) in [6.45, 7) is 7.55. The lowest BCUT2D eigenvalue weighted by Crippen LogP contribution is -2.31. The number of hydrogen-bond donors (Lipinski definition) is 0. The van der Waals surface area contributed by atoms with Crippen LogP contribution in [0.3, 0.4) is 0 Å². The van der Waals surface area contributed by atoms with Crippen LogP contribution in [0.5, 0.6) is 17.2 Å². The molecular weight excluding hydrogens is 524 g/mol. The van der Waals surface area contributed by atoms with Crippen molar-refractivity contribution in [1.29, 1.82) is 0 Å². The minimum atomic E-state index is -3.68. The number of methoxy groups -OCH3 is 2. The van der Waals surface area contributed by atoms with Crippen LogP contribution in [0.2, 0.25) is 0 Å². The van der Waals surface area contributed by atoms with Gasteiger partial charge in [0, 0.05) is 25.5 Å². The number of sulfone groups is 1. The molecule has 0 saturated heterocycles. The highest BCUT2D eigenvalue weighted by atomic mass is 32.2. The number of benzene rings is 2. The van der Waals surface area contributed by atoms with Crippen LogP contribution in [0.25, 0.3) is 5.52 Å². The van der Waals surface area contributed by atoms with Crippen molar-refractivity contribution in [1.82, 2.24) is 9.30 Å². The molecular formula is C32H38N2O5S. The van der Waals surface area contributed by atoms with Gasteiger partial charge in [0.1, 0.15) is 10.6 Å². The fourth-order valence-electron chi connectivity index (χ4n) is 5.41. The monoisotopic (exact) mass is 562 g/mol. The second kappa shape index (κ2) is 11.9. The standard InChI is InChI=1S/C32H38N2O5S/c1-23(2)28-22-34-16-6-5-9-29(34)32(28)40(35,36)27-12-10-26(11-13-27)39-18-8-7-15-33-17-14-24-19-30(37-3)31(38-4)20-25(24)21-33/h5-6,9-13,16,19-20,22-23H,7-8,14-15,17-18,21H2,1-4H3. The van der Waals surface area contributed by atoms with Crippen molar-refractivity contribution in [2.45, 2.75) is 55.4 Å². The molecule has 40 heavy (non-hydrogen) atoms. The average Bonchev–Trinajstić information content (AvgIpc) is 3.37. The van der Waals surface area contributed by atoms with E-state index >= 15 is 0 Å². The van der Waals surface area contributed by atoms with Crippen LogP contribution in [-0.2, 0) is 22.8 Å². The molecule has 2 aromatic carbocycles. The predicted octanol–water partition coefficient (Wildman–Crippen LogP) is 6.13. The van der Waals surface area contributed by atoms with Crippen LogP contribution in [0.1, 0.15) is 49.3 Å². The average molecular weight is 563 g/mol. The molecule has 0 N–H and O–H groups in total. The van der Waals surface area contributed by atoms with Gasteiger partial charge in [-0.15, -0.1) is 0 Å². The maximum absolute atomic E-state index is 13.7. The Kier molecular flexibility index (Phi) is 8.38. The van der Waals surface area contributed by atoms with Gasteiger partial charge >= 0.3 is 0 Å². The Morgan fingerprint density at radius 2 is 1.65 bits per heavy atom. The normalized spacial score (nSPS) is 13.9. The van der Waals surface area contributed by atoms with Gasteiger partial charge in [-0.05, 0) is 96.9 Å². The SMILES string of the molecule is COc1cc2c(cc1OC)CN(CCCCOc1ccc(S(=O)(=O)c3c(C(C)C)cn4ccccc34)cc1)CC2. The molecule has 0 aliphatic carbocycles. The van der Waals surface area contributed by atoms with Crippen molar-refractivity contribution < 1.29 is 22.6 Å². The topological polar surface area (TPSA) is 69.5 Å². The summed E-state index contributed by atoms with van der Waals surface area (Å²) < 4.78 is 46.1. The van der Waals surface area contributed by atoms with Crippen molar-refractivity contribution in [2.24, 2.45) is 0 Å². The highest BCUT2D eigenvalue weighted by Gasteiger charge is 2.27. The van der Waals surface area contributed by atoms with Crippen LogP contribution in [-0.4, -0.2) is 51.6 Å². The number of ether oxygens (including phenoxy) is 3. The molecule has 1 aliphatic heterocycles. The summed E-state index contributed by atoms with van der Waals surface area (Å²) in [5.74, 6) is 2.32. The molecule has 8 heteroatoms. The molecule has 0 saturated carbocycles. The molecule has 0 spiro atoms. The fourth-order valence-corrected chi connectivity index (χ4v) is 7.19. The van der Waals surface area contributed by atoms with Gasteiger partial charge in [0.2, 0.25) is 9.84 Å². The number of rotatable bonds is 11. The van der Waals surface area contributed by atoms with E-state index in [4.69, 9.17) is 14.2 Å². The molecule has 3 heterocycles. The molecule has 7 nitrogen and oxygen atoms in total. The third-order valence-corrected chi connectivity index (χ3v) is 9.50. The largest absolute Gasteiger partial charge is 0.494 e. The third-order valence-electron chi connectivity index (χ3n) is 7.62. The minimum Gasteiger partial charge on any atom is -0.494 e. The van der Waals surface area contributed by atoms with Gasteiger partial charge in [0.25, 0.3) is 0 Å². The van der Waals surface area contributed by atoms with E-state index in [2.05, 4.69) is 17.0 Å². The molecule has 0 unspecified atom stereocenters. The van der Waals surface area contributed by atoms with Crippen molar-refractivity contribution in [3.05, 3.63) is 83.7 Å². The number of fused-ring (bicyclic) bond motifs is 2. The van der Waals surface area contributed by atoms with Crippen LogP contribution < -0.4 is 14.2 Å². The van der Waals surface area contributed by atoms with E-state index in [9.17, 15) is 8.42 Å². The molecule has 0 bridgehead atoms. The van der Waals surface area contributed by atoms with Crippen LogP contribution >= 0.6 is 0 Å². The zero-order valence-electron chi connectivity index (χ0n) is 23.7. The van der Waals surface area contributed by atoms with Gasteiger partial charge < -0.3 is 18.6 Å². The van der Waals surface area contributed by atoms with Crippen molar-refractivity contribution in [2.75, 3.05) is 33.9 Å². The maximum Gasteiger partial charge on any atom is 0.209 e. The summed E-state index contributed by atoms with van der Waals surface area (Å²) >= 11 is 0. The van der Waals surface area contributed by atoms with E-state index in [1.807, 2.05) is 48.8 Å². The van der Waals surface area contributed by atoms with E-state index in [1.54, 1.807) is 38.5 Å². The summed E-state index contributed by atoms with van der Waals surface area (Å²) in [6.07, 6.45) is 6.74. The first-order valence-electron chi connectivity index (χ1n) is 13.9. The summed E-state index contributed by atoms with van der Waals surface area (Å²) in [7, 11) is -0.340. The van der Waals surface area contributed by atoms with Gasteiger partial charge in [0.05, 0.1) is 31.2 Å². The zero-order valence-corrected chi connectivity index (χ0v) is 24.5. The van der Waals surface area contributed by atoms with Gasteiger partial charge in [-0.1, -0.05) is 19.9 Å². The Morgan fingerprint density at radius 1 is 0.925 bits per heavy atom. The summed E-state index contributed by atoms with van der Waals surface area (Å²) in [5.41, 5.74) is 4.14. The first-order chi connectivity index (χ1) is 19.3. The number of unbranched alkanes of at least 4 members (excludes halogenated alkanes) is 1. The van der Waals surface area contributed by atoms with E-state index in [1.165, 1.54) is 11.1 Å².